The smallest absolute Gasteiger partial charge is 0.312 e. The van der Waals surface area contributed by atoms with E-state index in [1.54, 1.807) is 12.1 Å². The molecule has 0 N–H and O–H groups in total. The predicted octanol–water partition coefficient (Wildman–Crippen LogP) is 4.14. The van der Waals surface area contributed by atoms with Crippen molar-refractivity contribution < 1.29 is 9.66 Å². The molecule has 0 radical (unpaired) electrons. The summed E-state index contributed by atoms with van der Waals surface area (Å²) in [5.41, 5.74) is -0.194. The van der Waals surface area contributed by atoms with Crippen LogP contribution in [0.1, 0.15) is 20.3 Å². The Morgan fingerprint density at radius 1 is 1.56 bits per heavy atom. The molecule has 6 heteroatoms. The van der Waals surface area contributed by atoms with Crippen LogP contribution in [0.25, 0.3) is 0 Å². The van der Waals surface area contributed by atoms with Crippen LogP contribution in [0, 0.1) is 15.5 Å². The number of benzene rings is 1. The minimum atomic E-state index is -0.441. The van der Waals surface area contributed by atoms with E-state index in [0.29, 0.717) is 16.6 Å². The molecule has 1 aromatic carbocycles. The van der Waals surface area contributed by atoms with E-state index in [4.69, 9.17) is 16.3 Å². The van der Waals surface area contributed by atoms with E-state index >= 15 is 0 Å². The Morgan fingerprint density at radius 2 is 2.22 bits per heavy atom. The minimum absolute atomic E-state index is 0.0294. The van der Waals surface area contributed by atoms with Crippen molar-refractivity contribution >= 4 is 33.2 Å². The molecule has 0 saturated heterocycles. The average Bonchev–Trinajstić information content (AvgIpc) is 2.30. The molecular weight excluding hydrogens is 321 g/mol. The molecule has 2 atom stereocenters. The van der Waals surface area contributed by atoms with Crippen LogP contribution in [0.4, 0.5) is 5.69 Å². The molecule has 2 rings (SSSR count). The van der Waals surface area contributed by atoms with E-state index in [9.17, 15) is 10.1 Å². The molecule has 1 aliphatic carbocycles. The van der Waals surface area contributed by atoms with Crippen molar-refractivity contribution in [3.8, 4) is 5.75 Å². The number of nitrogens with zero attached hydrogens (tertiary/aromatic N) is 1. The summed E-state index contributed by atoms with van der Waals surface area (Å²) in [7, 11) is 0. The Morgan fingerprint density at radius 3 is 2.72 bits per heavy atom. The fourth-order valence-corrected chi connectivity index (χ4v) is 2.57. The van der Waals surface area contributed by atoms with E-state index in [1.165, 1.54) is 6.07 Å². The normalized spacial score (nSPS) is 25.3. The van der Waals surface area contributed by atoms with Gasteiger partial charge in [-0.1, -0.05) is 29.8 Å². The molecule has 1 saturated carbocycles. The highest BCUT2D eigenvalue weighted by Gasteiger charge is 2.49. The van der Waals surface area contributed by atoms with Gasteiger partial charge in [0, 0.05) is 27.8 Å². The van der Waals surface area contributed by atoms with Crippen LogP contribution in [0.3, 0.4) is 0 Å². The molecule has 0 bridgehead atoms. The van der Waals surface area contributed by atoms with Crippen LogP contribution in [-0.4, -0.2) is 16.4 Å². The summed E-state index contributed by atoms with van der Waals surface area (Å²) in [5.74, 6) is 0.296. The van der Waals surface area contributed by atoms with Crippen molar-refractivity contribution in [1.82, 2.24) is 0 Å². The summed E-state index contributed by atoms with van der Waals surface area (Å²) < 4.78 is 6.39. The number of hydrogen-bond donors (Lipinski definition) is 0. The summed E-state index contributed by atoms with van der Waals surface area (Å²) in [6.45, 7) is 4.01. The zero-order chi connectivity index (χ0) is 13.5. The van der Waals surface area contributed by atoms with E-state index in [1.807, 2.05) is 13.8 Å². The summed E-state index contributed by atoms with van der Waals surface area (Å²) >= 11 is 9.32. The molecule has 1 fully saturated rings. The maximum Gasteiger partial charge on any atom is 0.312 e. The molecule has 0 amide bonds. The minimum Gasteiger partial charge on any atom is -0.483 e. The van der Waals surface area contributed by atoms with Crippen LogP contribution in [0.5, 0.6) is 5.75 Å². The van der Waals surface area contributed by atoms with Crippen LogP contribution in [0.15, 0.2) is 22.7 Å². The van der Waals surface area contributed by atoms with Crippen LogP contribution < -0.4 is 4.74 Å². The lowest BCUT2D eigenvalue weighted by molar-refractivity contribution is -0.386. The average molecular weight is 335 g/mol. The fourth-order valence-electron chi connectivity index (χ4n) is 1.92. The van der Waals surface area contributed by atoms with Crippen LogP contribution in [-0.2, 0) is 0 Å². The first-order chi connectivity index (χ1) is 8.32. The quantitative estimate of drug-likeness (QED) is 0.474. The SMILES string of the molecule is CC1(C)C(Cl)CC1Oc1ccc(Br)cc1[N+](=O)[O-]. The van der Waals surface area contributed by atoms with Crippen molar-refractivity contribution in [1.29, 1.82) is 0 Å². The maximum atomic E-state index is 11.0. The summed E-state index contributed by atoms with van der Waals surface area (Å²) in [6.07, 6.45) is 0.627. The third-order valence-electron chi connectivity index (χ3n) is 3.45. The van der Waals surface area contributed by atoms with Gasteiger partial charge in [-0.2, -0.15) is 0 Å². The Bertz CT molecular complexity index is 492. The largest absolute Gasteiger partial charge is 0.483 e. The number of nitro groups is 1. The standard InChI is InChI=1S/C12H13BrClNO3/c1-12(2)10(14)6-11(12)18-9-4-3-7(13)5-8(9)15(16)17/h3-5,10-11H,6H2,1-2H3. The number of nitro benzene ring substituents is 1. The van der Waals surface area contributed by atoms with Crippen LogP contribution in [0.2, 0.25) is 0 Å². The van der Waals surface area contributed by atoms with Gasteiger partial charge in [0.15, 0.2) is 5.75 Å². The molecule has 98 valence electrons. The molecule has 1 aromatic rings. The second-order valence-electron chi connectivity index (χ2n) is 5.00. The molecule has 2 unspecified atom stereocenters. The highest BCUT2D eigenvalue weighted by Crippen LogP contribution is 2.47. The van der Waals surface area contributed by atoms with Crippen molar-refractivity contribution in [2.75, 3.05) is 0 Å². The van der Waals surface area contributed by atoms with E-state index < -0.39 is 4.92 Å². The first-order valence-electron chi connectivity index (χ1n) is 5.57. The van der Waals surface area contributed by atoms with Crippen molar-refractivity contribution in [3.05, 3.63) is 32.8 Å². The monoisotopic (exact) mass is 333 g/mol. The van der Waals surface area contributed by atoms with Gasteiger partial charge in [-0.3, -0.25) is 10.1 Å². The predicted molar refractivity (Wildman–Crippen MR) is 73.3 cm³/mol. The molecule has 4 nitrogen and oxygen atoms in total. The number of halogens is 2. The number of rotatable bonds is 3. The lowest BCUT2D eigenvalue weighted by atomic mass is 9.68. The van der Waals surface area contributed by atoms with Gasteiger partial charge < -0.3 is 4.74 Å². The highest BCUT2D eigenvalue weighted by molar-refractivity contribution is 9.10. The summed E-state index contributed by atoms with van der Waals surface area (Å²) in [5, 5.41) is 11.0. The summed E-state index contributed by atoms with van der Waals surface area (Å²) in [4.78, 5) is 10.5. The lowest BCUT2D eigenvalue weighted by Gasteiger charge is -2.48. The van der Waals surface area contributed by atoms with Gasteiger partial charge >= 0.3 is 5.69 Å². The maximum absolute atomic E-state index is 11.0. The number of alkyl halides is 1. The number of ether oxygens (including phenoxy) is 1. The number of hydrogen-bond acceptors (Lipinski definition) is 3. The molecule has 0 aromatic heterocycles. The molecular formula is C12H13BrClNO3. The Kier molecular flexibility index (Phi) is 3.56. The Balaban J connectivity index is 2.23. The van der Waals surface area contributed by atoms with Gasteiger partial charge in [0.05, 0.1) is 4.92 Å². The van der Waals surface area contributed by atoms with Crippen molar-refractivity contribution in [2.45, 2.75) is 31.7 Å². The Labute approximate surface area is 119 Å². The van der Waals surface area contributed by atoms with Crippen molar-refractivity contribution in [2.24, 2.45) is 5.41 Å². The second-order valence-corrected chi connectivity index (χ2v) is 6.44. The van der Waals surface area contributed by atoms with Gasteiger partial charge in [0.2, 0.25) is 0 Å². The van der Waals surface area contributed by atoms with Gasteiger partial charge in [0.25, 0.3) is 0 Å². The van der Waals surface area contributed by atoms with Gasteiger partial charge in [-0.05, 0) is 12.1 Å². The third kappa shape index (κ3) is 2.34. The first-order valence-corrected chi connectivity index (χ1v) is 6.80. The first kappa shape index (κ1) is 13.6. The summed E-state index contributed by atoms with van der Waals surface area (Å²) in [6, 6.07) is 4.78. The molecule has 18 heavy (non-hydrogen) atoms. The van der Waals surface area contributed by atoms with E-state index in [2.05, 4.69) is 15.9 Å². The van der Waals surface area contributed by atoms with Gasteiger partial charge in [-0.15, -0.1) is 11.6 Å². The Hall–Kier alpha value is -0.810. The van der Waals surface area contributed by atoms with Crippen LogP contribution >= 0.6 is 27.5 Å². The zero-order valence-electron chi connectivity index (χ0n) is 10.0. The molecule has 0 aliphatic heterocycles. The molecule has 0 heterocycles. The third-order valence-corrected chi connectivity index (χ3v) is 4.68. The van der Waals surface area contributed by atoms with E-state index in [-0.39, 0.29) is 22.6 Å². The lowest BCUT2D eigenvalue weighted by Crippen LogP contribution is -2.53. The second kappa shape index (κ2) is 4.70. The van der Waals surface area contributed by atoms with Crippen molar-refractivity contribution in [3.63, 3.8) is 0 Å². The fraction of sp³-hybridized carbons (Fsp3) is 0.500. The zero-order valence-corrected chi connectivity index (χ0v) is 12.4. The topological polar surface area (TPSA) is 52.4 Å². The van der Waals surface area contributed by atoms with E-state index in [0.717, 1.165) is 0 Å². The highest BCUT2D eigenvalue weighted by atomic mass is 79.9. The van der Waals surface area contributed by atoms with Gasteiger partial charge in [-0.25, -0.2) is 0 Å². The van der Waals surface area contributed by atoms with Gasteiger partial charge in [0.1, 0.15) is 6.10 Å². The molecule has 1 aliphatic rings. The molecule has 0 spiro atoms.